The van der Waals surface area contributed by atoms with Crippen molar-refractivity contribution in [2.24, 2.45) is 5.92 Å². The van der Waals surface area contributed by atoms with Crippen LogP contribution in [0.5, 0.6) is 11.5 Å². The van der Waals surface area contributed by atoms with Crippen LogP contribution in [0.2, 0.25) is 0 Å². The van der Waals surface area contributed by atoms with E-state index in [2.05, 4.69) is 29.9 Å². The fourth-order valence-electron chi connectivity index (χ4n) is 2.52. The molecule has 0 unspecified atom stereocenters. The van der Waals surface area contributed by atoms with Crippen LogP contribution in [0, 0.1) is 19.8 Å². The molecule has 2 aromatic rings. The number of ether oxygens (including phenoxy) is 2. The van der Waals surface area contributed by atoms with Crippen LogP contribution in [-0.4, -0.2) is 36.4 Å². The highest BCUT2D eigenvalue weighted by molar-refractivity contribution is 7.99. The molecule has 0 bridgehead atoms. The van der Waals surface area contributed by atoms with Crippen molar-refractivity contribution in [2.75, 3.05) is 19.5 Å². The molecule has 0 atom stereocenters. The average molecular weight is 436 g/mol. The molecule has 0 aliphatic carbocycles. The summed E-state index contributed by atoms with van der Waals surface area (Å²) in [7, 11) is 1.52. The second kappa shape index (κ2) is 11.5. The third-order valence-electron chi connectivity index (χ3n) is 4.35. The molecule has 0 spiro atoms. The highest BCUT2D eigenvalue weighted by Crippen LogP contribution is 2.28. The molecule has 0 aliphatic rings. The average Bonchev–Trinajstić information content (AvgIpc) is 3.04. The standard InChI is InChI=1S/C21H29N3O5S/c1-13(2)8-9-28-18-7-6-16(10-19(18)27-5)21(26)23-22-20(25)12-30-11-17-14(3)24-29-15(17)4/h6-7,10,13H,8-9,11-12H2,1-5H3,(H,22,25)(H,23,26). The largest absolute Gasteiger partial charge is 0.493 e. The first-order valence-electron chi connectivity index (χ1n) is 9.71. The number of nitrogens with one attached hydrogen (secondary N) is 2. The number of aryl methyl sites for hydroxylation is 2. The number of nitrogens with zero attached hydrogens (tertiary/aromatic N) is 1. The number of benzene rings is 1. The van der Waals surface area contributed by atoms with E-state index in [1.165, 1.54) is 18.9 Å². The van der Waals surface area contributed by atoms with E-state index in [9.17, 15) is 9.59 Å². The van der Waals surface area contributed by atoms with Crippen molar-refractivity contribution in [3.05, 3.63) is 40.8 Å². The van der Waals surface area contributed by atoms with Gasteiger partial charge < -0.3 is 14.0 Å². The maximum absolute atomic E-state index is 12.3. The van der Waals surface area contributed by atoms with Gasteiger partial charge in [-0.2, -0.15) is 0 Å². The predicted octanol–water partition coefficient (Wildman–Crippen LogP) is 3.42. The second-order valence-electron chi connectivity index (χ2n) is 7.19. The summed E-state index contributed by atoms with van der Waals surface area (Å²) in [6.45, 7) is 8.52. The van der Waals surface area contributed by atoms with Gasteiger partial charge in [-0.05, 0) is 44.4 Å². The van der Waals surface area contributed by atoms with Crippen LogP contribution in [0.1, 0.15) is 47.6 Å². The fraction of sp³-hybridized carbons (Fsp3) is 0.476. The van der Waals surface area contributed by atoms with Crippen molar-refractivity contribution in [2.45, 2.75) is 39.9 Å². The topological polar surface area (TPSA) is 103 Å². The Morgan fingerprint density at radius 2 is 1.97 bits per heavy atom. The first kappa shape index (κ1) is 23.6. The van der Waals surface area contributed by atoms with E-state index >= 15 is 0 Å². The number of rotatable bonds is 10. The molecule has 2 amide bonds. The Hall–Kier alpha value is -2.68. The molecule has 1 aromatic carbocycles. The number of hydrazine groups is 1. The van der Waals surface area contributed by atoms with Crippen LogP contribution < -0.4 is 20.3 Å². The maximum Gasteiger partial charge on any atom is 0.269 e. The lowest BCUT2D eigenvalue weighted by Crippen LogP contribution is -2.42. The molecule has 0 radical (unpaired) electrons. The minimum Gasteiger partial charge on any atom is -0.493 e. The van der Waals surface area contributed by atoms with Crippen LogP contribution in [0.4, 0.5) is 0 Å². The lowest BCUT2D eigenvalue weighted by molar-refractivity contribution is -0.119. The van der Waals surface area contributed by atoms with Gasteiger partial charge >= 0.3 is 0 Å². The van der Waals surface area contributed by atoms with Crippen LogP contribution in [0.25, 0.3) is 0 Å². The van der Waals surface area contributed by atoms with Gasteiger partial charge in [0.2, 0.25) is 5.91 Å². The van der Waals surface area contributed by atoms with Crippen LogP contribution >= 0.6 is 11.8 Å². The molecule has 2 rings (SSSR count). The molecule has 164 valence electrons. The highest BCUT2D eigenvalue weighted by Gasteiger charge is 2.13. The van der Waals surface area contributed by atoms with E-state index in [-0.39, 0.29) is 11.7 Å². The second-order valence-corrected chi connectivity index (χ2v) is 8.18. The number of carbonyl (C=O) groups excluding carboxylic acids is 2. The lowest BCUT2D eigenvalue weighted by atomic mass is 10.1. The summed E-state index contributed by atoms with van der Waals surface area (Å²) < 4.78 is 16.1. The molecule has 8 nitrogen and oxygen atoms in total. The quantitative estimate of drug-likeness (QED) is 0.551. The number of carbonyl (C=O) groups is 2. The predicted molar refractivity (Wildman–Crippen MR) is 116 cm³/mol. The van der Waals surface area contributed by atoms with Gasteiger partial charge in [-0.1, -0.05) is 19.0 Å². The molecule has 0 aliphatic heterocycles. The number of hydrogen-bond acceptors (Lipinski definition) is 7. The Kier molecular flexibility index (Phi) is 9.04. The van der Waals surface area contributed by atoms with Gasteiger partial charge in [0.1, 0.15) is 5.76 Å². The first-order chi connectivity index (χ1) is 14.3. The summed E-state index contributed by atoms with van der Waals surface area (Å²) >= 11 is 1.41. The molecular formula is C21H29N3O5S. The minimum atomic E-state index is -0.439. The Labute approximate surface area is 181 Å². The van der Waals surface area contributed by atoms with Crippen LogP contribution in [0.3, 0.4) is 0 Å². The van der Waals surface area contributed by atoms with E-state index in [0.29, 0.717) is 35.3 Å². The van der Waals surface area contributed by atoms with E-state index in [0.717, 1.165) is 23.4 Å². The monoisotopic (exact) mass is 435 g/mol. The smallest absolute Gasteiger partial charge is 0.269 e. The Bertz CT molecular complexity index is 847. The van der Waals surface area contributed by atoms with E-state index in [1.807, 2.05) is 13.8 Å². The highest BCUT2D eigenvalue weighted by atomic mass is 32.2. The van der Waals surface area contributed by atoms with Gasteiger partial charge in [-0.3, -0.25) is 20.4 Å². The summed E-state index contributed by atoms with van der Waals surface area (Å²) in [6.07, 6.45) is 0.922. The lowest BCUT2D eigenvalue weighted by Gasteiger charge is -2.13. The molecule has 2 N–H and O–H groups in total. The zero-order chi connectivity index (χ0) is 22.1. The zero-order valence-corrected chi connectivity index (χ0v) is 18.9. The summed E-state index contributed by atoms with van der Waals surface area (Å²) in [5, 5.41) is 3.89. The van der Waals surface area contributed by atoms with Gasteiger partial charge in [-0.15, -0.1) is 11.8 Å². The number of thioether (sulfide) groups is 1. The van der Waals surface area contributed by atoms with Crippen molar-refractivity contribution in [3.8, 4) is 11.5 Å². The van der Waals surface area contributed by atoms with E-state index in [1.54, 1.807) is 18.2 Å². The van der Waals surface area contributed by atoms with Crippen molar-refractivity contribution >= 4 is 23.6 Å². The molecule has 0 saturated carbocycles. The summed E-state index contributed by atoms with van der Waals surface area (Å²) in [4.78, 5) is 24.3. The minimum absolute atomic E-state index is 0.191. The molecule has 0 saturated heterocycles. The molecule has 1 heterocycles. The van der Waals surface area contributed by atoms with Crippen LogP contribution in [-0.2, 0) is 10.5 Å². The third-order valence-corrected chi connectivity index (χ3v) is 5.31. The van der Waals surface area contributed by atoms with Gasteiger partial charge in [-0.25, -0.2) is 0 Å². The fourth-order valence-corrected chi connectivity index (χ4v) is 3.50. The van der Waals surface area contributed by atoms with Crippen molar-refractivity contribution in [3.63, 3.8) is 0 Å². The number of aromatic nitrogens is 1. The Morgan fingerprint density at radius 1 is 1.20 bits per heavy atom. The van der Waals surface area contributed by atoms with Crippen molar-refractivity contribution in [1.82, 2.24) is 16.0 Å². The van der Waals surface area contributed by atoms with Crippen molar-refractivity contribution < 1.29 is 23.6 Å². The summed E-state index contributed by atoms with van der Waals surface area (Å²) in [6, 6.07) is 4.90. The van der Waals surface area contributed by atoms with Gasteiger partial charge in [0.15, 0.2) is 11.5 Å². The molecule has 9 heteroatoms. The first-order valence-corrected chi connectivity index (χ1v) is 10.9. The van der Waals surface area contributed by atoms with Gasteiger partial charge in [0, 0.05) is 16.9 Å². The van der Waals surface area contributed by atoms with Crippen molar-refractivity contribution in [1.29, 1.82) is 0 Å². The van der Waals surface area contributed by atoms with Gasteiger partial charge in [0.25, 0.3) is 5.91 Å². The molecule has 1 aromatic heterocycles. The number of methoxy groups -OCH3 is 1. The van der Waals surface area contributed by atoms with E-state index in [4.69, 9.17) is 14.0 Å². The number of hydrogen-bond donors (Lipinski definition) is 2. The summed E-state index contributed by atoms with van der Waals surface area (Å²) in [5.74, 6) is 2.38. The van der Waals surface area contributed by atoms with Crippen LogP contribution in [0.15, 0.2) is 22.7 Å². The molecule has 0 fully saturated rings. The van der Waals surface area contributed by atoms with Gasteiger partial charge in [0.05, 0.1) is 25.2 Å². The SMILES string of the molecule is COc1cc(C(=O)NNC(=O)CSCc2c(C)noc2C)ccc1OCCC(C)C. The molecular weight excluding hydrogens is 406 g/mol. The zero-order valence-electron chi connectivity index (χ0n) is 18.0. The van der Waals surface area contributed by atoms with E-state index < -0.39 is 5.91 Å². The summed E-state index contributed by atoms with van der Waals surface area (Å²) in [5.41, 5.74) is 6.99. The molecule has 30 heavy (non-hydrogen) atoms. The number of amides is 2. The normalized spacial score (nSPS) is 10.7. The third kappa shape index (κ3) is 6.98. The Morgan fingerprint density at radius 3 is 2.60 bits per heavy atom. The Balaban J connectivity index is 1.81. The maximum atomic E-state index is 12.3.